The predicted molar refractivity (Wildman–Crippen MR) is 58.8 cm³/mol. The topological polar surface area (TPSA) is 76.5 Å². The molecule has 0 aliphatic carbocycles. The largest absolute Gasteiger partial charge is 0.433 e. The van der Waals surface area contributed by atoms with Crippen LogP contribution in [0.4, 0.5) is 5.88 Å². The van der Waals surface area contributed by atoms with Gasteiger partial charge in [0.25, 0.3) is 0 Å². The van der Waals surface area contributed by atoms with E-state index in [-0.39, 0.29) is 5.76 Å². The molecule has 0 bridgehead atoms. The van der Waals surface area contributed by atoms with Crippen LogP contribution >= 0.6 is 22.9 Å². The van der Waals surface area contributed by atoms with Crippen LogP contribution in [-0.4, -0.2) is 10.0 Å². The highest BCUT2D eigenvalue weighted by molar-refractivity contribution is 7.16. The van der Waals surface area contributed by atoms with E-state index in [9.17, 15) is 15.2 Å². The van der Waals surface area contributed by atoms with Gasteiger partial charge in [0, 0.05) is 4.88 Å². The number of nitro groups is 1. The lowest BCUT2D eigenvalue weighted by atomic mass is 10.2. The van der Waals surface area contributed by atoms with Gasteiger partial charge >= 0.3 is 5.88 Å². The quantitative estimate of drug-likeness (QED) is 0.679. The molecular formula is C9H6ClNO4S. The first-order valence-corrected chi connectivity index (χ1v) is 5.45. The lowest BCUT2D eigenvalue weighted by Crippen LogP contribution is -1.94. The van der Waals surface area contributed by atoms with Gasteiger partial charge in [-0.3, -0.25) is 10.1 Å². The van der Waals surface area contributed by atoms with Crippen molar-refractivity contribution in [2.24, 2.45) is 0 Å². The second-order valence-corrected chi connectivity index (χ2v) is 4.72. The third kappa shape index (κ3) is 2.08. The van der Waals surface area contributed by atoms with Crippen molar-refractivity contribution < 1.29 is 14.4 Å². The van der Waals surface area contributed by atoms with Gasteiger partial charge in [0.1, 0.15) is 16.8 Å². The number of halogens is 1. The zero-order chi connectivity index (χ0) is 11.7. The average Bonchev–Trinajstić information content (AvgIpc) is 2.84. The van der Waals surface area contributed by atoms with Crippen LogP contribution in [-0.2, 0) is 0 Å². The molecule has 0 amide bonds. The van der Waals surface area contributed by atoms with Crippen LogP contribution in [0, 0.1) is 10.1 Å². The Kier molecular flexibility index (Phi) is 2.95. The SMILES string of the molecule is O=[N+]([O-])c1ccc(C(O)c2ccc(Cl)s2)o1. The normalized spacial score (nSPS) is 12.6. The van der Waals surface area contributed by atoms with Crippen molar-refractivity contribution in [3.05, 3.63) is 49.4 Å². The molecule has 0 aliphatic heterocycles. The molecule has 2 rings (SSSR count). The number of thiophene rings is 1. The Morgan fingerprint density at radius 3 is 2.69 bits per heavy atom. The summed E-state index contributed by atoms with van der Waals surface area (Å²) in [4.78, 5) is 10.3. The fourth-order valence-corrected chi connectivity index (χ4v) is 2.26. The van der Waals surface area contributed by atoms with Crippen molar-refractivity contribution in [2.45, 2.75) is 6.10 Å². The second-order valence-electron chi connectivity index (χ2n) is 2.98. The van der Waals surface area contributed by atoms with Crippen LogP contribution < -0.4 is 0 Å². The Bertz CT molecular complexity index is 521. The van der Waals surface area contributed by atoms with Crippen LogP contribution in [0.15, 0.2) is 28.7 Å². The Balaban J connectivity index is 2.26. The molecule has 0 radical (unpaired) electrons. The van der Waals surface area contributed by atoms with Crippen molar-refractivity contribution >= 4 is 28.8 Å². The number of rotatable bonds is 3. The van der Waals surface area contributed by atoms with Crippen molar-refractivity contribution in [1.82, 2.24) is 0 Å². The molecule has 1 unspecified atom stereocenters. The molecule has 0 aromatic carbocycles. The fraction of sp³-hybridized carbons (Fsp3) is 0.111. The Labute approximate surface area is 99.0 Å². The summed E-state index contributed by atoms with van der Waals surface area (Å²) in [6, 6.07) is 5.86. The summed E-state index contributed by atoms with van der Waals surface area (Å²) in [5.74, 6) is -0.262. The molecule has 0 spiro atoms. The van der Waals surface area contributed by atoms with Crippen LogP contribution in [0.2, 0.25) is 4.34 Å². The first kappa shape index (κ1) is 11.1. The molecule has 84 valence electrons. The number of hydrogen-bond acceptors (Lipinski definition) is 5. The molecule has 0 fully saturated rings. The van der Waals surface area contributed by atoms with Crippen molar-refractivity contribution in [1.29, 1.82) is 0 Å². The van der Waals surface area contributed by atoms with Gasteiger partial charge in [-0.2, -0.15) is 0 Å². The molecule has 5 nitrogen and oxygen atoms in total. The van der Waals surface area contributed by atoms with Crippen LogP contribution in [0.5, 0.6) is 0 Å². The van der Waals surface area contributed by atoms with Crippen LogP contribution in [0.1, 0.15) is 16.7 Å². The zero-order valence-corrected chi connectivity index (χ0v) is 9.36. The van der Waals surface area contributed by atoms with E-state index >= 15 is 0 Å². The highest BCUT2D eigenvalue weighted by atomic mass is 35.5. The van der Waals surface area contributed by atoms with E-state index in [4.69, 9.17) is 16.0 Å². The van der Waals surface area contributed by atoms with E-state index in [1.807, 2.05) is 0 Å². The molecule has 16 heavy (non-hydrogen) atoms. The lowest BCUT2D eigenvalue weighted by molar-refractivity contribution is -0.402. The number of aliphatic hydroxyl groups is 1. The van der Waals surface area contributed by atoms with E-state index in [2.05, 4.69) is 0 Å². The number of hydrogen-bond donors (Lipinski definition) is 1. The Hall–Kier alpha value is -1.37. The maximum Gasteiger partial charge on any atom is 0.433 e. The van der Waals surface area contributed by atoms with Gasteiger partial charge in [-0.15, -0.1) is 11.3 Å². The molecule has 1 N–H and O–H groups in total. The first-order chi connectivity index (χ1) is 7.58. The number of furan rings is 1. The summed E-state index contributed by atoms with van der Waals surface area (Å²) in [5, 5.41) is 20.2. The van der Waals surface area contributed by atoms with E-state index in [1.54, 1.807) is 12.1 Å². The zero-order valence-electron chi connectivity index (χ0n) is 7.79. The average molecular weight is 260 g/mol. The van der Waals surface area contributed by atoms with Gasteiger partial charge in [-0.1, -0.05) is 11.6 Å². The molecule has 2 aromatic rings. The Morgan fingerprint density at radius 2 is 2.19 bits per heavy atom. The van der Waals surface area contributed by atoms with Crippen molar-refractivity contribution in [2.75, 3.05) is 0 Å². The summed E-state index contributed by atoms with van der Waals surface area (Å²) in [6.45, 7) is 0. The summed E-state index contributed by atoms with van der Waals surface area (Å²) in [7, 11) is 0. The first-order valence-electron chi connectivity index (χ1n) is 4.25. The molecule has 1 atom stereocenters. The van der Waals surface area contributed by atoms with Gasteiger partial charge in [0.05, 0.1) is 10.4 Å². The van der Waals surface area contributed by atoms with E-state index in [0.29, 0.717) is 9.21 Å². The number of nitrogens with zero attached hydrogens (tertiary/aromatic N) is 1. The maximum absolute atomic E-state index is 10.4. The monoisotopic (exact) mass is 259 g/mol. The van der Waals surface area contributed by atoms with Gasteiger partial charge in [0.2, 0.25) is 0 Å². The van der Waals surface area contributed by atoms with Crippen molar-refractivity contribution in [3.63, 3.8) is 0 Å². The van der Waals surface area contributed by atoms with Crippen LogP contribution in [0.3, 0.4) is 0 Å². The third-order valence-electron chi connectivity index (χ3n) is 1.93. The minimum atomic E-state index is -1.02. The van der Waals surface area contributed by atoms with Gasteiger partial charge < -0.3 is 9.52 Å². The number of aliphatic hydroxyl groups excluding tert-OH is 1. The third-order valence-corrected chi connectivity index (χ3v) is 3.21. The lowest BCUT2D eigenvalue weighted by Gasteiger charge is -2.02. The molecule has 2 aromatic heterocycles. The summed E-state index contributed by atoms with van der Waals surface area (Å²) < 4.78 is 5.42. The molecule has 0 saturated carbocycles. The van der Waals surface area contributed by atoms with Crippen molar-refractivity contribution in [3.8, 4) is 0 Å². The second kappa shape index (κ2) is 4.25. The summed E-state index contributed by atoms with van der Waals surface area (Å²) in [5.41, 5.74) is 0. The van der Waals surface area contributed by atoms with Gasteiger partial charge in [0.15, 0.2) is 0 Å². The fourth-order valence-electron chi connectivity index (χ4n) is 1.20. The minimum Gasteiger partial charge on any atom is -0.403 e. The molecule has 0 aliphatic rings. The maximum atomic E-state index is 10.4. The smallest absolute Gasteiger partial charge is 0.403 e. The molecular weight excluding hydrogens is 254 g/mol. The highest BCUT2D eigenvalue weighted by Crippen LogP contribution is 2.32. The predicted octanol–water partition coefficient (Wildman–Crippen LogP) is 2.98. The van der Waals surface area contributed by atoms with Gasteiger partial charge in [-0.25, -0.2) is 0 Å². The molecule has 2 heterocycles. The van der Waals surface area contributed by atoms with E-state index < -0.39 is 16.9 Å². The standard InChI is InChI=1S/C9H6ClNO4S/c10-7-3-2-6(16-7)9(12)5-1-4-8(15-5)11(13)14/h1-4,9,12H. The highest BCUT2D eigenvalue weighted by Gasteiger charge is 2.20. The van der Waals surface area contributed by atoms with Gasteiger partial charge in [-0.05, 0) is 18.2 Å². The van der Waals surface area contributed by atoms with Crippen LogP contribution in [0.25, 0.3) is 0 Å². The summed E-state index contributed by atoms with van der Waals surface area (Å²) >= 11 is 6.91. The minimum absolute atomic E-state index is 0.130. The summed E-state index contributed by atoms with van der Waals surface area (Å²) in [6.07, 6.45) is -1.02. The Morgan fingerprint density at radius 1 is 1.44 bits per heavy atom. The van der Waals surface area contributed by atoms with E-state index in [1.165, 1.54) is 23.5 Å². The van der Waals surface area contributed by atoms with E-state index in [0.717, 1.165) is 0 Å². The molecule has 0 saturated heterocycles. The molecule has 7 heteroatoms.